The van der Waals surface area contributed by atoms with Crippen LogP contribution in [-0.2, 0) is 0 Å². The van der Waals surface area contributed by atoms with E-state index in [1.807, 2.05) is 6.92 Å². The molecule has 0 atom stereocenters. The molecule has 0 amide bonds. The first-order valence-electron chi connectivity index (χ1n) is 8.71. The number of hydrogen-bond acceptors (Lipinski definition) is 0. The summed E-state index contributed by atoms with van der Waals surface area (Å²) in [6, 6.07) is 0. The van der Waals surface area contributed by atoms with Crippen LogP contribution in [0.15, 0.2) is 45.6 Å². The van der Waals surface area contributed by atoms with Crippen LogP contribution in [0.2, 0.25) is 0 Å². The SMILES string of the molecule is C=C([CH2-])C.CC1=[C-]C(C)(C)C(C)=C1C.CC1=[C-]C(C)(C)C(C)=C1C.[Cl-].[Cl-].[Cl-].[U+3]. The molecule has 0 fully saturated rings. The van der Waals surface area contributed by atoms with Crippen LogP contribution in [-0.4, -0.2) is 0 Å². The second-order valence-corrected chi connectivity index (χ2v) is 8.21. The molecule has 0 bridgehead atoms. The van der Waals surface area contributed by atoms with Crippen LogP contribution in [0.25, 0.3) is 0 Å². The van der Waals surface area contributed by atoms with Gasteiger partial charge in [0.15, 0.2) is 0 Å². The van der Waals surface area contributed by atoms with Crippen molar-refractivity contribution in [2.75, 3.05) is 0 Å². The molecule has 2 aliphatic rings. The molecule has 1 radical (unpaired) electrons. The average molecular weight is 670 g/mol. The predicted molar refractivity (Wildman–Crippen MR) is 109 cm³/mol. The van der Waals surface area contributed by atoms with Crippen LogP contribution in [0.5, 0.6) is 0 Å². The van der Waals surface area contributed by atoms with E-state index in [1.54, 1.807) is 0 Å². The second-order valence-electron chi connectivity index (χ2n) is 8.21. The van der Waals surface area contributed by atoms with E-state index >= 15 is 0 Å². The molecule has 0 N–H and O–H groups in total. The van der Waals surface area contributed by atoms with E-state index in [9.17, 15) is 0 Å². The summed E-state index contributed by atoms with van der Waals surface area (Å²) in [7, 11) is 0. The standard InChI is InChI=1S/2C10H15.C4H7.3ClH.U/c2*1-7-6-10(4,5)9(3)8(7)2;1-4(2)3;;;;/h2*1-5H3;1-2H2,3H3;3*1H;/q3*-1;;;;+3/p-3. The van der Waals surface area contributed by atoms with E-state index in [-0.39, 0.29) is 79.2 Å². The number of rotatable bonds is 0. The smallest absolute Gasteiger partial charge is 1.00 e. The maximum absolute atomic E-state index is 3.44. The predicted octanol–water partition coefficient (Wildman–Crippen LogP) is -1.37. The van der Waals surface area contributed by atoms with Crippen molar-refractivity contribution in [3.05, 3.63) is 64.7 Å². The number of halogens is 3. The largest absolute Gasteiger partial charge is 3.00 e. The van der Waals surface area contributed by atoms with Gasteiger partial charge in [0.2, 0.25) is 0 Å². The molecule has 0 spiro atoms. The van der Waals surface area contributed by atoms with Crippen LogP contribution in [0.1, 0.15) is 76.2 Å². The fourth-order valence-corrected chi connectivity index (χ4v) is 2.81. The minimum Gasteiger partial charge on any atom is -1.00 e. The Morgan fingerprint density at radius 2 is 0.893 bits per heavy atom. The molecule has 0 aromatic rings. The van der Waals surface area contributed by atoms with Crippen molar-refractivity contribution < 1.29 is 68.3 Å². The third-order valence-electron chi connectivity index (χ3n) is 5.12. The van der Waals surface area contributed by atoms with Gasteiger partial charge in [-0.05, 0) is 0 Å². The Balaban J connectivity index is -0.0000000948. The summed E-state index contributed by atoms with van der Waals surface area (Å²) in [5, 5.41) is 0. The second kappa shape index (κ2) is 15.3. The van der Waals surface area contributed by atoms with Gasteiger partial charge in [0.25, 0.3) is 0 Å². The Hall–Kier alpha value is 0.492. The summed E-state index contributed by atoms with van der Waals surface area (Å²) < 4.78 is 0. The van der Waals surface area contributed by atoms with Crippen molar-refractivity contribution >= 4 is 0 Å². The van der Waals surface area contributed by atoms with Crippen molar-refractivity contribution in [1.82, 2.24) is 0 Å². The van der Waals surface area contributed by atoms with Gasteiger partial charge in [-0.1, -0.05) is 73.1 Å². The van der Waals surface area contributed by atoms with Crippen molar-refractivity contribution in [3.8, 4) is 0 Å². The summed E-state index contributed by atoms with van der Waals surface area (Å²) in [4.78, 5) is 0. The van der Waals surface area contributed by atoms with Gasteiger partial charge in [-0.2, -0.15) is 22.3 Å². The Morgan fingerprint density at radius 3 is 0.929 bits per heavy atom. The Morgan fingerprint density at radius 1 is 0.714 bits per heavy atom. The molecule has 2 rings (SSSR count). The molecule has 0 nitrogen and oxygen atoms in total. The average Bonchev–Trinajstić information content (AvgIpc) is 2.69. The minimum atomic E-state index is 0. The van der Waals surface area contributed by atoms with E-state index in [0.29, 0.717) is 0 Å². The molecule has 0 saturated carbocycles. The van der Waals surface area contributed by atoms with Crippen molar-refractivity contribution in [2.24, 2.45) is 10.8 Å². The van der Waals surface area contributed by atoms with E-state index in [2.05, 4.69) is 94.9 Å². The molecule has 0 unspecified atom stereocenters. The third kappa shape index (κ3) is 11.6. The van der Waals surface area contributed by atoms with Crippen LogP contribution >= 0.6 is 0 Å². The molecule has 4 heteroatoms. The number of hydrogen-bond donors (Lipinski definition) is 0. The van der Waals surface area contributed by atoms with Crippen molar-refractivity contribution in [2.45, 2.75) is 76.2 Å². The normalized spacial score (nSPS) is 17.7. The number of allylic oxidation sites excluding steroid dienone is 9. The van der Waals surface area contributed by atoms with Crippen LogP contribution in [0.3, 0.4) is 0 Å². The van der Waals surface area contributed by atoms with Crippen LogP contribution in [0.4, 0.5) is 0 Å². The molecule has 0 heterocycles. The zero-order valence-electron chi connectivity index (χ0n) is 19.5. The van der Waals surface area contributed by atoms with E-state index in [0.717, 1.165) is 5.57 Å². The molecule has 161 valence electrons. The monoisotopic (exact) mass is 668 g/mol. The Kier molecular flexibility index (Phi) is 21.3. The summed E-state index contributed by atoms with van der Waals surface area (Å²) in [6.45, 7) is 30.6. The molecule has 28 heavy (non-hydrogen) atoms. The Bertz CT molecular complexity index is 576. The zero-order valence-corrected chi connectivity index (χ0v) is 26.0. The minimum absolute atomic E-state index is 0. The summed E-state index contributed by atoms with van der Waals surface area (Å²) in [5.74, 6) is 0. The van der Waals surface area contributed by atoms with E-state index in [1.165, 1.54) is 33.4 Å². The van der Waals surface area contributed by atoms with E-state index < -0.39 is 0 Å². The molecular formula is C24H37Cl3U-3. The third-order valence-corrected chi connectivity index (χ3v) is 5.12. The first kappa shape index (κ1) is 39.0. The first-order valence-corrected chi connectivity index (χ1v) is 8.71. The fraction of sp³-hybridized carbons (Fsp3) is 0.542. The molecule has 0 aliphatic heterocycles. The van der Waals surface area contributed by atoms with Gasteiger partial charge in [0.1, 0.15) is 0 Å². The molecule has 0 saturated heterocycles. The van der Waals surface area contributed by atoms with Gasteiger partial charge in [-0.3, -0.25) is 12.2 Å². The van der Waals surface area contributed by atoms with Crippen molar-refractivity contribution in [1.29, 1.82) is 0 Å². The fourth-order valence-electron chi connectivity index (χ4n) is 2.81. The summed E-state index contributed by atoms with van der Waals surface area (Å²) in [6.07, 6.45) is 6.87. The van der Waals surface area contributed by atoms with Gasteiger partial charge in [-0.25, -0.2) is 30.2 Å². The maximum atomic E-state index is 3.44. The van der Waals surface area contributed by atoms with Crippen molar-refractivity contribution in [3.63, 3.8) is 0 Å². The molecule has 0 aromatic carbocycles. The molecular weight excluding hydrogens is 633 g/mol. The van der Waals surface area contributed by atoms with Gasteiger partial charge in [0.05, 0.1) is 0 Å². The summed E-state index contributed by atoms with van der Waals surface area (Å²) in [5.41, 5.74) is 9.71. The van der Waals surface area contributed by atoms with Gasteiger partial charge in [0, 0.05) is 0 Å². The van der Waals surface area contributed by atoms with Crippen LogP contribution < -0.4 is 37.2 Å². The summed E-state index contributed by atoms with van der Waals surface area (Å²) >= 11 is 0. The van der Waals surface area contributed by atoms with E-state index in [4.69, 9.17) is 0 Å². The van der Waals surface area contributed by atoms with Gasteiger partial charge >= 0.3 is 31.1 Å². The van der Waals surface area contributed by atoms with Gasteiger partial charge < -0.3 is 37.2 Å². The maximum Gasteiger partial charge on any atom is 3.00 e. The quantitative estimate of drug-likeness (QED) is 0.280. The first-order chi connectivity index (χ1) is 10.6. The topological polar surface area (TPSA) is 0 Å². The molecule has 0 aromatic heterocycles. The van der Waals surface area contributed by atoms with Gasteiger partial charge in [-0.15, -0.1) is 13.8 Å². The molecule has 2 aliphatic carbocycles. The Labute approximate surface area is 218 Å². The van der Waals surface area contributed by atoms with Crippen LogP contribution in [0, 0.1) is 61.0 Å². The zero-order chi connectivity index (χ0) is 19.5.